The molecule has 1 aromatic heterocycles. The van der Waals surface area contributed by atoms with Crippen molar-refractivity contribution in [3.8, 4) is 11.5 Å². The molecule has 2 unspecified atom stereocenters. The van der Waals surface area contributed by atoms with Crippen molar-refractivity contribution in [3.63, 3.8) is 0 Å². The van der Waals surface area contributed by atoms with Crippen LogP contribution in [0.3, 0.4) is 0 Å². The molecule has 1 N–H and O–H groups in total. The highest BCUT2D eigenvalue weighted by atomic mass is 35.5. The number of nitrogens with one attached hydrogen (secondary N) is 1. The van der Waals surface area contributed by atoms with Gasteiger partial charge in [-0.15, -0.1) is 0 Å². The molecule has 5 rings (SSSR count). The molecule has 192 valence electrons. The fourth-order valence-electron chi connectivity index (χ4n) is 4.62. The summed E-state index contributed by atoms with van der Waals surface area (Å²) in [6, 6.07) is 9.06. The molecule has 2 saturated heterocycles. The monoisotopic (exact) mass is 532 g/mol. The Morgan fingerprint density at radius 1 is 1.03 bits per heavy atom. The molecule has 2 atom stereocenters. The van der Waals surface area contributed by atoms with Gasteiger partial charge < -0.3 is 24.3 Å². The van der Waals surface area contributed by atoms with Gasteiger partial charge in [0.1, 0.15) is 24.9 Å². The molecular formula is C26H30Cl2N4O4. The lowest BCUT2D eigenvalue weighted by molar-refractivity contribution is -0.0713. The molecule has 0 bridgehead atoms. The number of aromatic nitrogens is 2. The first kappa shape index (κ1) is 25.3. The smallest absolute Gasteiger partial charge is 0.163 e. The number of rotatable bonds is 8. The van der Waals surface area contributed by atoms with E-state index in [1.54, 1.807) is 19.2 Å². The number of anilines is 2. The highest BCUT2D eigenvalue weighted by Crippen LogP contribution is 2.35. The predicted octanol–water partition coefficient (Wildman–Crippen LogP) is 5.34. The highest BCUT2D eigenvalue weighted by Gasteiger charge is 2.25. The van der Waals surface area contributed by atoms with Gasteiger partial charge in [0.15, 0.2) is 11.5 Å². The minimum absolute atomic E-state index is 0.0278. The third-order valence-corrected chi connectivity index (χ3v) is 7.23. The molecule has 36 heavy (non-hydrogen) atoms. The largest absolute Gasteiger partial charge is 0.493 e. The molecule has 0 radical (unpaired) electrons. The molecule has 2 fully saturated rings. The van der Waals surface area contributed by atoms with Crippen LogP contribution >= 0.6 is 23.2 Å². The van der Waals surface area contributed by atoms with Gasteiger partial charge in [0.05, 0.1) is 35.4 Å². The summed E-state index contributed by atoms with van der Waals surface area (Å²) < 4.78 is 23.7. The Kier molecular flexibility index (Phi) is 8.29. The van der Waals surface area contributed by atoms with Crippen LogP contribution in [0.2, 0.25) is 10.0 Å². The number of fused-ring (bicyclic) bond motifs is 1. The zero-order chi connectivity index (χ0) is 24.9. The molecule has 2 aromatic carbocycles. The molecule has 2 aliphatic heterocycles. The van der Waals surface area contributed by atoms with E-state index in [9.17, 15) is 0 Å². The summed E-state index contributed by atoms with van der Waals surface area (Å²) in [7, 11) is 1.62. The van der Waals surface area contributed by atoms with Gasteiger partial charge in [-0.3, -0.25) is 4.90 Å². The Morgan fingerprint density at radius 3 is 2.72 bits per heavy atom. The minimum Gasteiger partial charge on any atom is -0.493 e. The number of hydrogen-bond acceptors (Lipinski definition) is 8. The van der Waals surface area contributed by atoms with Gasteiger partial charge in [0.2, 0.25) is 0 Å². The summed E-state index contributed by atoms with van der Waals surface area (Å²) in [6.45, 7) is 4.66. The fraction of sp³-hybridized carbons (Fsp3) is 0.462. The van der Waals surface area contributed by atoms with Crippen molar-refractivity contribution in [1.29, 1.82) is 0 Å². The van der Waals surface area contributed by atoms with Gasteiger partial charge in [-0.05, 0) is 43.5 Å². The Hall–Kier alpha value is -2.36. The third-order valence-electron chi connectivity index (χ3n) is 6.49. The lowest BCUT2D eigenvalue weighted by Gasteiger charge is -2.35. The Balaban J connectivity index is 1.27. The Labute approximate surface area is 220 Å². The van der Waals surface area contributed by atoms with Crippen molar-refractivity contribution >= 4 is 45.6 Å². The van der Waals surface area contributed by atoms with Crippen LogP contribution in [0.4, 0.5) is 11.5 Å². The van der Waals surface area contributed by atoms with Crippen molar-refractivity contribution in [3.05, 3.63) is 46.7 Å². The van der Waals surface area contributed by atoms with E-state index in [4.69, 9.17) is 42.1 Å². The maximum absolute atomic E-state index is 6.18. The number of benzene rings is 2. The normalized spacial score (nSPS) is 20.9. The van der Waals surface area contributed by atoms with Crippen LogP contribution in [0.25, 0.3) is 10.9 Å². The van der Waals surface area contributed by atoms with Crippen molar-refractivity contribution in [2.75, 3.05) is 51.9 Å². The molecule has 0 amide bonds. The predicted molar refractivity (Wildman–Crippen MR) is 141 cm³/mol. The molecule has 8 nitrogen and oxygen atoms in total. The van der Waals surface area contributed by atoms with Crippen LogP contribution in [-0.4, -0.2) is 73.6 Å². The highest BCUT2D eigenvalue weighted by molar-refractivity contribution is 6.42. The summed E-state index contributed by atoms with van der Waals surface area (Å²) >= 11 is 12.2. The molecule has 10 heteroatoms. The molecule has 3 heterocycles. The average molecular weight is 533 g/mol. The second-order valence-corrected chi connectivity index (χ2v) is 9.86. The summed E-state index contributed by atoms with van der Waals surface area (Å²) in [4.78, 5) is 11.3. The van der Waals surface area contributed by atoms with Crippen molar-refractivity contribution in [1.82, 2.24) is 14.9 Å². The van der Waals surface area contributed by atoms with E-state index >= 15 is 0 Å². The number of morpholine rings is 1. The van der Waals surface area contributed by atoms with E-state index in [1.165, 1.54) is 19.2 Å². The standard InChI is InChI=1S/C26H30Cl2N4O4/c1-33-24-11-20-23(29-16-30-26(20)31-17-5-6-21(27)22(28)10-17)12-25(24)36-15-19-14-32(7-9-35-19)13-18-4-2-3-8-34-18/h5-6,10-12,16,18-19H,2-4,7-9,13-15H2,1H3,(H,29,30,31). The molecule has 3 aromatic rings. The molecule has 0 spiro atoms. The lowest BCUT2D eigenvalue weighted by atomic mass is 10.1. The van der Waals surface area contributed by atoms with Crippen LogP contribution in [0.15, 0.2) is 36.7 Å². The maximum Gasteiger partial charge on any atom is 0.163 e. The van der Waals surface area contributed by atoms with Gasteiger partial charge in [0, 0.05) is 43.4 Å². The average Bonchev–Trinajstić information content (AvgIpc) is 2.90. The van der Waals surface area contributed by atoms with Crippen molar-refractivity contribution in [2.24, 2.45) is 0 Å². The Morgan fingerprint density at radius 2 is 1.92 bits per heavy atom. The van der Waals surface area contributed by atoms with E-state index in [0.29, 0.717) is 46.7 Å². The van der Waals surface area contributed by atoms with E-state index in [-0.39, 0.29) is 6.10 Å². The van der Waals surface area contributed by atoms with Crippen LogP contribution in [0.5, 0.6) is 11.5 Å². The van der Waals surface area contributed by atoms with Gasteiger partial charge in [-0.2, -0.15) is 0 Å². The van der Waals surface area contributed by atoms with Crippen LogP contribution < -0.4 is 14.8 Å². The quantitative estimate of drug-likeness (QED) is 0.416. The maximum atomic E-state index is 6.18. The summed E-state index contributed by atoms with van der Waals surface area (Å²) in [5.41, 5.74) is 1.49. The zero-order valence-corrected chi connectivity index (χ0v) is 21.7. The van der Waals surface area contributed by atoms with Crippen LogP contribution in [0.1, 0.15) is 19.3 Å². The second kappa shape index (κ2) is 11.8. The zero-order valence-electron chi connectivity index (χ0n) is 20.2. The first-order valence-corrected chi connectivity index (χ1v) is 13.0. The summed E-state index contributed by atoms with van der Waals surface area (Å²) in [6.07, 6.45) is 5.36. The fourth-order valence-corrected chi connectivity index (χ4v) is 4.91. The molecule has 0 saturated carbocycles. The SMILES string of the molecule is COc1cc2c(Nc3ccc(Cl)c(Cl)c3)ncnc2cc1OCC1CN(CC2CCCCO2)CCO1. The summed E-state index contributed by atoms with van der Waals surface area (Å²) in [5.74, 6) is 1.83. The van der Waals surface area contributed by atoms with Gasteiger partial charge in [0.25, 0.3) is 0 Å². The number of hydrogen-bond donors (Lipinski definition) is 1. The number of halogens is 2. The van der Waals surface area contributed by atoms with E-state index < -0.39 is 0 Å². The number of nitrogens with zero attached hydrogens (tertiary/aromatic N) is 3. The lowest BCUT2D eigenvalue weighted by Crippen LogP contribution is -2.48. The molecule has 0 aliphatic carbocycles. The second-order valence-electron chi connectivity index (χ2n) is 9.05. The van der Waals surface area contributed by atoms with Crippen molar-refractivity contribution in [2.45, 2.75) is 31.5 Å². The summed E-state index contributed by atoms with van der Waals surface area (Å²) in [5, 5.41) is 5.03. The third kappa shape index (κ3) is 6.12. The minimum atomic E-state index is -0.0278. The Bertz CT molecular complexity index is 1190. The van der Waals surface area contributed by atoms with Gasteiger partial charge in [-0.25, -0.2) is 9.97 Å². The van der Waals surface area contributed by atoms with Crippen LogP contribution in [-0.2, 0) is 9.47 Å². The molecule has 2 aliphatic rings. The van der Waals surface area contributed by atoms with Crippen LogP contribution in [0, 0.1) is 0 Å². The topological polar surface area (TPSA) is 78.0 Å². The van der Waals surface area contributed by atoms with E-state index in [2.05, 4.69) is 20.2 Å². The van der Waals surface area contributed by atoms with Crippen molar-refractivity contribution < 1.29 is 18.9 Å². The first-order chi connectivity index (χ1) is 17.6. The van der Waals surface area contributed by atoms with E-state index in [0.717, 1.165) is 49.3 Å². The first-order valence-electron chi connectivity index (χ1n) is 12.2. The molecular weight excluding hydrogens is 503 g/mol. The number of ether oxygens (including phenoxy) is 4. The van der Waals surface area contributed by atoms with Gasteiger partial charge >= 0.3 is 0 Å². The number of methoxy groups -OCH3 is 1. The van der Waals surface area contributed by atoms with E-state index in [1.807, 2.05) is 18.2 Å². The van der Waals surface area contributed by atoms with Gasteiger partial charge in [-0.1, -0.05) is 23.2 Å².